The van der Waals surface area contributed by atoms with Gasteiger partial charge in [0.05, 0.1) is 6.20 Å². The number of hydrogen-bond donors (Lipinski definition) is 0. The molecule has 0 radical (unpaired) electrons. The molecule has 0 unspecified atom stereocenters. The summed E-state index contributed by atoms with van der Waals surface area (Å²) in [5, 5.41) is 4.96. The van der Waals surface area contributed by atoms with Crippen molar-refractivity contribution in [2.45, 2.75) is 18.7 Å². The summed E-state index contributed by atoms with van der Waals surface area (Å²) in [6, 6.07) is 0. The quantitative estimate of drug-likeness (QED) is 0.800. The zero-order valence-corrected chi connectivity index (χ0v) is 9.98. The second-order valence-corrected chi connectivity index (χ2v) is 3.73. The number of hydrogen-bond acceptors (Lipinski definition) is 3. The van der Waals surface area contributed by atoms with Gasteiger partial charge in [-0.3, -0.25) is 0 Å². The highest BCUT2D eigenvalue weighted by molar-refractivity contribution is 9.08. The van der Waals surface area contributed by atoms with E-state index in [4.69, 9.17) is 0 Å². The van der Waals surface area contributed by atoms with Crippen molar-refractivity contribution >= 4 is 15.9 Å². The molecule has 0 fully saturated rings. The minimum absolute atomic E-state index is 0.611. The number of alkyl halides is 1. The predicted molar refractivity (Wildman–Crippen MR) is 61.2 cm³/mol. The van der Waals surface area contributed by atoms with Gasteiger partial charge in [0.15, 0.2) is 0 Å². The maximum absolute atomic E-state index is 4.23. The fraction of sp³-hybridized carbons (Fsp3) is 0.300. The third-order valence-corrected chi connectivity index (χ3v) is 2.74. The molecule has 2 aromatic heterocycles. The molecule has 0 bridgehead atoms. The minimum Gasteiger partial charge on any atom is -0.219 e. The molecular formula is C10H11BrN4. The Kier molecular flexibility index (Phi) is 3.11. The Morgan fingerprint density at radius 1 is 1.20 bits per heavy atom. The number of halogens is 1. The van der Waals surface area contributed by atoms with Crippen molar-refractivity contribution in [1.82, 2.24) is 19.7 Å². The molecule has 2 heterocycles. The van der Waals surface area contributed by atoms with Crippen LogP contribution in [0.4, 0.5) is 0 Å². The number of rotatable bonds is 3. The van der Waals surface area contributed by atoms with Gasteiger partial charge >= 0.3 is 0 Å². The summed E-state index contributed by atoms with van der Waals surface area (Å²) in [6.45, 7) is 2.09. The molecule has 0 saturated carbocycles. The summed E-state index contributed by atoms with van der Waals surface area (Å²) >= 11 is 3.35. The Morgan fingerprint density at radius 3 is 2.47 bits per heavy atom. The van der Waals surface area contributed by atoms with E-state index in [2.05, 4.69) is 37.9 Å². The molecular weight excluding hydrogens is 256 g/mol. The van der Waals surface area contributed by atoms with E-state index in [1.807, 2.05) is 12.4 Å². The van der Waals surface area contributed by atoms with Gasteiger partial charge in [-0.25, -0.2) is 14.6 Å². The Hall–Kier alpha value is -1.23. The Morgan fingerprint density at radius 2 is 1.93 bits per heavy atom. The Balaban J connectivity index is 2.28. The standard InChI is InChI=1S/C10H11BrN4/c1-2-8-6-14-15(7-8)10-12-4-9(3-11)5-13-10/h4-7H,2-3H2,1H3. The summed E-state index contributed by atoms with van der Waals surface area (Å²) in [4.78, 5) is 8.45. The number of aryl methyl sites for hydroxylation is 1. The molecule has 0 atom stereocenters. The molecule has 2 rings (SSSR count). The van der Waals surface area contributed by atoms with Gasteiger partial charge < -0.3 is 0 Å². The van der Waals surface area contributed by atoms with Crippen LogP contribution in [-0.4, -0.2) is 19.7 Å². The first-order valence-electron chi connectivity index (χ1n) is 4.74. The molecule has 5 heteroatoms. The van der Waals surface area contributed by atoms with E-state index >= 15 is 0 Å². The van der Waals surface area contributed by atoms with E-state index in [-0.39, 0.29) is 0 Å². The van der Waals surface area contributed by atoms with Crippen molar-refractivity contribution in [2.24, 2.45) is 0 Å². The van der Waals surface area contributed by atoms with Crippen LogP contribution in [0.1, 0.15) is 18.1 Å². The summed E-state index contributed by atoms with van der Waals surface area (Å²) < 4.78 is 1.69. The lowest BCUT2D eigenvalue weighted by molar-refractivity contribution is 0.804. The smallest absolute Gasteiger partial charge is 0.219 e. The van der Waals surface area contributed by atoms with Crippen LogP contribution in [0.25, 0.3) is 5.95 Å². The van der Waals surface area contributed by atoms with Gasteiger partial charge in [-0.05, 0) is 17.5 Å². The first-order chi connectivity index (χ1) is 7.33. The fourth-order valence-corrected chi connectivity index (χ4v) is 1.48. The average Bonchev–Trinajstić information content (AvgIpc) is 2.78. The average molecular weight is 267 g/mol. The van der Waals surface area contributed by atoms with E-state index < -0.39 is 0 Å². The first-order valence-corrected chi connectivity index (χ1v) is 5.86. The normalized spacial score (nSPS) is 10.5. The fourth-order valence-electron chi connectivity index (χ4n) is 1.19. The van der Waals surface area contributed by atoms with Crippen molar-refractivity contribution in [3.63, 3.8) is 0 Å². The van der Waals surface area contributed by atoms with Crippen molar-refractivity contribution in [3.05, 3.63) is 35.9 Å². The van der Waals surface area contributed by atoms with Crippen LogP contribution in [0.2, 0.25) is 0 Å². The van der Waals surface area contributed by atoms with E-state index in [0.717, 1.165) is 17.3 Å². The molecule has 15 heavy (non-hydrogen) atoms. The summed E-state index contributed by atoms with van der Waals surface area (Å²) in [5.74, 6) is 0.611. The van der Waals surface area contributed by atoms with E-state index in [9.17, 15) is 0 Å². The van der Waals surface area contributed by atoms with Gasteiger partial charge in [-0.15, -0.1) is 0 Å². The molecule has 4 nitrogen and oxygen atoms in total. The molecule has 0 saturated heterocycles. The Labute approximate surface area is 96.5 Å². The van der Waals surface area contributed by atoms with Crippen LogP contribution >= 0.6 is 15.9 Å². The van der Waals surface area contributed by atoms with Crippen LogP contribution in [0.3, 0.4) is 0 Å². The number of nitrogens with zero attached hydrogens (tertiary/aromatic N) is 4. The van der Waals surface area contributed by atoms with E-state index in [1.165, 1.54) is 5.56 Å². The molecule has 0 aromatic carbocycles. The van der Waals surface area contributed by atoms with E-state index in [1.54, 1.807) is 17.1 Å². The van der Waals surface area contributed by atoms with Crippen LogP contribution in [-0.2, 0) is 11.8 Å². The topological polar surface area (TPSA) is 43.6 Å². The molecule has 2 aromatic rings. The SMILES string of the molecule is CCc1cnn(-c2ncc(CBr)cn2)c1. The molecule has 0 N–H and O–H groups in total. The highest BCUT2D eigenvalue weighted by Gasteiger charge is 2.01. The van der Waals surface area contributed by atoms with Gasteiger partial charge in [-0.2, -0.15) is 5.10 Å². The zero-order valence-electron chi connectivity index (χ0n) is 8.39. The van der Waals surface area contributed by atoms with Gasteiger partial charge in [0.1, 0.15) is 0 Å². The second-order valence-electron chi connectivity index (χ2n) is 3.17. The molecule has 0 aliphatic heterocycles. The molecule has 78 valence electrons. The van der Waals surface area contributed by atoms with Crippen molar-refractivity contribution in [3.8, 4) is 5.95 Å². The van der Waals surface area contributed by atoms with Gasteiger partial charge in [0.25, 0.3) is 0 Å². The monoisotopic (exact) mass is 266 g/mol. The lowest BCUT2D eigenvalue weighted by Crippen LogP contribution is -2.01. The summed E-state index contributed by atoms with van der Waals surface area (Å²) in [5.41, 5.74) is 2.24. The minimum atomic E-state index is 0.611. The maximum Gasteiger partial charge on any atom is 0.250 e. The second kappa shape index (κ2) is 4.53. The lowest BCUT2D eigenvalue weighted by atomic mass is 10.3. The summed E-state index contributed by atoms with van der Waals surface area (Å²) in [7, 11) is 0. The lowest BCUT2D eigenvalue weighted by Gasteiger charge is -1.99. The highest BCUT2D eigenvalue weighted by Crippen LogP contribution is 2.06. The predicted octanol–water partition coefficient (Wildman–Crippen LogP) is 2.12. The number of aromatic nitrogens is 4. The van der Waals surface area contributed by atoms with Crippen LogP contribution in [0.5, 0.6) is 0 Å². The third kappa shape index (κ3) is 2.23. The van der Waals surface area contributed by atoms with Gasteiger partial charge in [0, 0.05) is 23.9 Å². The van der Waals surface area contributed by atoms with Crippen LogP contribution < -0.4 is 0 Å². The molecule has 0 spiro atoms. The van der Waals surface area contributed by atoms with E-state index in [0.29, 0.717) is 5.95 Å². The zero-order chi connectivity index (χ0) is 10.7. The Bertz CT molecular complexity index is 435. The first kappa shape index (κ1) is 10.3. The van der Waals surface area contributed by atoms with Crippen molar-refractivity contribution < 1.29 is 0 Å². The summed E-state index contributed by atoms with van der Waals surface area (Å²) in [6.07, 6.45) is 8.35. The largest absolute Gasteiger partial charge is 0.250 e. The van der Waals surface area contributed by atoms with Gasteiger partial charge in [0.2, 0.25) is 5.95 Å². The van der Waals surface area contributed by atoms with Crippen molar-refractivity contribution in [2.75, 3.05) is 0 Å². The molecule has 0 aliphatic carbocycles. The van der Waals surface area contributed by atoms with Crippen LogP contribution in [0, 0.1) is 0 Å². The van der Waals surface area contributed by atoms with Gasteiger partial charge in [-0.1, -0.05) is 22.9 Å². The third-order valence-electron chi connectivity index (χ3n) is 2.10. The molecule has 0 aliphatic rings. The molecule has 0 amide bonds. The van der Waals surface area contributed by atoms with Crippen LogP contribution in [0.15, 0.2) is 24.8 Å². The highest BCUT2D eigenvalue weighted by atomic mass is 79.9. The maximum atomic E-state index is 4.23. The van der Waals surface area contributed by atoms with Crippen molar-refractivity contribution in [1.29, 1.82) is 0 Å².